The number of halogens is 1. The summed E-state index contributed by atoms with van der Waals surface area (Å²) in [5, 5.41) is 2.83. The molecule has 2 aliphatic heterocycles. The maximum atomic E-state index is 13.8. The van der Waals surface area contributed by atoms with Gasteiger partial charge in [0.05, 0.1) is 6.61 Å². The molecular formula is C22H23FN2O3. The topological polar surface area (TPSA) is 50.8 Å². The number of benzene rings is 2. The largest absolute Gasteiger partial charge is 0.467 e. The van der Waals surface area contributed by atoms with Crippen molar-refractivity contribution in [2.24, 2.45) is 0 Å². The van der Waals surface area contributed by atoms with Crippen molar-refractivity contribution in [3.63, 3.8) is 0 Å². The van der Waals surface area contributed by atoms with E-state index in [1.165, 1.54) is 43.2 Å². The number of rotatable bonds is 4. The highest BCUT2D eigenvalue weighted by atomic mass is 19.1. The quantitative estimate of drug-likeness (QED) is 0.800. The van der Waals surface area contributed by atoms with Gasteiger partial charge in [0.1, 0.15) is 11.6 Å². The van der Waals surface area contributed by atoms with Crippen molar-refractivity contribution in [3.05, 3.63) is 59.4 Å². The lowest BCUT2D eigenvalue weighted by Gasteiger charge is -2.28. The summed E-state index contributed by atoms with van der Waals surface area (Å²) in [5.74, 6) is -0.111. The fourth-order valence-electron chi connectivity index (χ4n) is 3.59. The van der Waals surface area contributed by atoms with Gasteiger partial charge in [-0.1, -0.05) is 0 Å². The second-order valence-corrected chi connectivity index (χ2v) is 7.01. The number of fused-ring (bicyclic) bond motifs is 1. The third kappa shape index (κ3) is 4.34. The van der Waals surface area contributed by atoms with Crippen LogP contribution in [0.1, 0.15) is 30.4 Å². The molecule has 2 heterocycles. The Labute approximate surface area is 163 Å². The Morgan fingerprint density at radius 2 is 1.89 bits per heavy atom. The van der Waals surface area contributed by atoms with E-state index in [1.807, 2.05) is 24.3 Å². The summed E-state index contributed by atoms with van der Waals surface area (Å²) in [6.45, 7) is 2.58. The Morgan fingerprint density at radius 1 is 1.11 bits per heavy atom. The van der Waals surface area contributed by atoms with Gasteiger partial charge >= 0.3 is 0 Å². The molecule has 0 radical (unpaired) electrons. The average molecular weight is 382 g/mol. The van der Waals surface area contributed by atoms with Crippen LogP contribution in [0.4, 0.5) is 15.8 Å². The first kappa shape index (κ1) is 18.5. The normalized spacial score (nSPS) is 16.5. The summed E-state index contributed by atoms with van der Waals surface area (Å²) < 4.78 is 24.4. The highest BCUT2D eigenvalue weighted by molar-refractivity contribution is 6.02. The lowest BCUT2D eigenvalue weighted by molar-refractivity contribution is -0.111. The molecule has 0 atom stereocenters. The molecule has 0 aromatic heterocycles. The van der Waals surface area contributed by atoms with Crippen molar-refractivity contribution in [2.75, 3.05) is 30.1 Å². The molecule has 1 fully saturated rings. The zero-order valence-corrected chi connectivity index (χ0v) is 15.6. The molecule has 146 valence electrons. The Kier molecular flexibility index (Phi) is 5.58. The summed E-state index contributed by atoms with van der Waals surface area (Å²) in [7, 11) is 0. The predicted octanol–water partition coefficient (Wildman–Crippen LogP) is 4.33. The molecule has 28 heavy (non-hydrogen) atoms. The molecule has 0 unspecified atom stereocenters. The van der Waals surface area contributed by atoms with Crippen LogP contribution in [0, 0.1) is 5.82 Å². The van der Waals surface area contributed by atoms with E-state index in [9.17, 15) is 9.18 Å². The Hall–Kier alpha value is -2.86. The van der Waals surface area contributed by atoms with Gasteiger partial charge < -0.3 is 19.7 Å². The monoisotopic (exact) mass is 382 g/mol. The second-order valence-electron chi connectivity index (χ2n) is 7.01. The molecular weight excluding hydrogens is 359 g/mol. The number of nitrogens with zero attached hydrogens (tertiary/aromatic N) is 1. The zero-order chi connectivity index (χ0) is 19.3. The van der Waals surface area contributed by atoms with Crippen molar-refractivity contribution >= 4 is 23.4 Å². The minimum absolute atomic E-state index is 0.120. The third-order valence-corrected chi connectivity index (χ3v) is 4.97. The van der Waals surface area contributed by atoms with Crippen molar-refractivity contribution < 1.29 is 18.7 Å². The Bertz CT molecular complexity index is 874. The minimum atomic E-state index is -0.388. The van der Waals surface area contributed by atoms with Crippen LogP contribution in [0.25, 0.3) is 6.08 Å². The first-order chi connectivity index (χ1) is 13.7. The number of carbonyl (C=O) groups excluding carboxylic acids is 1. The van der Waals surface area contributed by atoms with Crippen LogP contribution in [-0.2, 0) is 16.1 Å². The van der Waals surface area contributed by atoms with Gasteiger partial charge in [-0.2, -0.15) is 0 Å². The summed E-state index contributed by atoms with van der Waals surface area (Å²) in [6, 6.07) is 10.6. The number of hydrogen-bond acceptors (Lipinski definition) is 4. The lowest BCUT2D eigenvalue weighted by atomic mass is 10.1. The van der Waals surface area contributed by atoms with Crippen LogP contribution < -0.4 is 15.0 Å². The van der Waals surface area contributed by atoms with Crippen molar-refractivity contribution in [1.29, 1.82) is 0 Å². The van der Waals surface area contributed by atoms with Crippen molar-refractivity contribution in [1.82, 2.24) is 0 Å². The van der Waals surface area contributed by atoms with E-state index < -0.39 is 0 Å². The molecule has 0 bridgehead atoms. The molecule has 5 nitrogen and oxygen atoms in total. The molecule has 2 aliphatic rings. The van der Waals surface area contributed by atoms with E-state index >= 15 is 0 Å². The first-order valence-corrected chi connectivity index (χ1v) is 9.56. The average Bonchev–Trinajstić information content (AvgIpc) is 2.73. The predicted molar refractivity (Wildman–Crippen MR) is 107 cm³/mol. The van der Waals surface area contributed by atoms with Gasteiger partial charge in [0.2, 0.25) is 5.91 Å². The van der Waals surface area contributed by atoms with Crippen molar-refractivity contribution in [3.8, 4) is 5.75 Å². The fourth-order valence-corrected chi connectivity index (χ4v) is 3.59. The van der Waals surface area contributed by atoms with E-state index in [-0.39, 0.29) is 18.5 Å². The van der Waals surface area contributed by atoms with Gasteiger partial charge in [-0.3, -0.25) is 4.79 Å². The summed E-state index contributed by atoms with van der Waals surface area (Å²) in [4.78, 5) is 14.6. The molecule has 0 aliphatic carbocycles. The number of amides is 1. The second kappa shape index (κ2) is 8.44. The maximum absolute atomic E-state index is 13.8. The SMILES string of the molecule is O=C(C=Cc1cc(F)cc2c1OCOC2)Nc1ccc(N2CCCCC2)cc1. The van der Waals surface area contributed by atoms with Crippen LogP contribution in [0.15, 0.2) is 42.5 Å². The van der Waals surface area contributed by atoms with Gasteiger partial charge in [-0.15, -0.1) is 0 Å². The molecule has 1 saturated heterocycles. The molecule has 1 amide bonds. The van der Waals surface area contributed by atoms with Crippen LogP contribution in [0.2, 0.25) is 0 Å². The van der Waals surface area contributed by atoms with Gasteiger partial charge in [-0.25, -0.2) is 4.39 Å². The summed E-state index contributed by atoms with van der Waals surface area (Å²) in [6.07, 6.45) is 6.69. The number of nitrogens with one attached hydrogen (secondary N) is 1. The summed E-state index contributed by atoms with van der Waals surface area (Å²) >= 11 is 0. The standard InChI is InChI=1S/C22H23FN2O3/c23-18-12-16(22-17(13-18)14-27-15-28-22)4-9-21(26)24-19-5-7-20(8-6-19)25-10-2-1-3-11-25/h4-9,12-13H,1-3,10-11,14-15H2,(H,24,26). The van der Waals surface area contributed by atoms with Gasteiger partial charge in [0.15, 0.2) is 6.79 Å². The number of piperidine rings is 1. The van der Waals surface area contributed by atoms with Crippen LogP contribution in [0.3, 0.4) is 0 Å². The van der Waals surface area contributed by atoms with E-state index in [2.05, 4.69) is 10.2 Å². The van der Waals surface area contributed by atoms with E-state index in [0.29, 0.717) is 23.5 Å². The molecule has 2 aromatic rings. The zero-order valence-electron chi connectivity index (χ0n) is 15.6. The van der Waals surface area contributed by atoms with Gasteiger partial charge in [0.25, 0.3) is 0 Å². The Morgan fingerprint density at radius 3 is 2.68 bits per heavy atom. The lowest BCUT2D eigenvalue weighted by Crippen LogP contribution is -2.29. The summed E-state index contributed by atoms with van der Waals surface area (Å²) in [5.41, 5.74) is 3.06. The third-order valence-electron chi connectivity index (χ3n) is 4.97. The maximum Gasteiger partial charge on any atom is 0.248 e. The molecule has 0 saturated carbocycles. The first-order valence-electron chi connectivity index (χ1n) is 9.56. The highest BCUT2D eigenvalue weighted by Gasteiger charge is 2.16. The van der Waals surface area contributed by atoms with E-state index in [1.54, 1.807) is 6.08 Å². The molecule has 4 rings (SSSR count). The molecule has 6 heteroatoms. The number of hydrogen-bond donors (Lipinski definition) is 1. The van der Waals surface area contributed by atoms with Crippen LogP contribution >= 0.6 is 0 Å². The smallest absolute Gasteiger partial charge is 0.248 e. The van der Waals surface area contributed by atoms with Crippen LogP contribution in [-0.4, -0.2) is 25.8 Å². The van der Waals surface area contributed by atoms with Gasteiger partial charge in [0, 0.05) is 41.7 Å². The molecule has 2 aromatic carbocycles. The van der Waals surface area contributed by atoms with E-state index in [4.69, 9.17) is 9.47 Å². The number of anilines is 2. The van der Waals surface area contributed by atoms with E-state index in [0.717, 1.165) is 18.8 Å². The highest BCUT2D eigenvalue weighted by Crippen LogP contribution is 2.30. The van der Waals surface area contributed by atoms with Crippen molar-refractivity contribution in [2.45, 2.75) is 25.9 Å². The minimum Gasteiger partial charge on any atom is -0.467 e. The van der Waals surface area contributed by atoms with Gasteiger partial charge in [-0.05, 0) is 61.7 Å². The molecule has 1 N–H and O–H groups in total. The molecule has 0 spiro atoms. The number of ether oxygens (including phenoxy) is 2. The van der Waals surface area contributed by atoms with Crippen LogP contribution in [0.5, 0.6) is 5.75 Å². The number of carbonyl (C=O) groups is 1. The fraction of sp³-hybridized carbons (Fsp3) is 0.318. The Balaban J connectivity index is 1.41.